The van der Waals surface area contributed by atoms with Gasteiger partial charge in [-0.2, -0.15) is 4.98 Å². The summed E-state index contributed by atoms with van der Waals surface area (Å²) in [4.78, 5) is 28.3. The Morgan fingerprint density at radius 1 is 1.26 bits per heavy atom. The highest BCUT2D eigenvalue weighted by atomic mass is 31.2. The van der Waals surface area contributed by atoms with Gasteiger partial charge in [0.05, 0.1) is 24.3 Å². The second kappa shape index (κ2) is 11.9. The van der Waals surface area contributed by atoms with Crippen LogP contribution < -0.4 is 15.9 Å². The van der Waals surface area contributed by atoms with Crippen molar-refractivity contribution in [2.24, 2.45) is 5.92 Å². The molecule has 1 aliphatic rings. The van der Waals surface area contributed by atoms with Crippen molar-refractivity contribution in [2.45, 2.75) is 63.9 Å². The summed E-state index contributed by atoms with van der Waals surface area (Å²) in [5.74, 6) is -1.43. The van der Waals surface area contributed by atoms with E-state index in [1.165, 1.54) is 32.0 Å². The van der Waals surface area contributed by atoms with E-state index in [0.29, 0.717) is 0 Å². The van der Waals surface area contributed by atoms with Gasteiger partial charge in [-0.05, 0) is 39.0 Å². The number of ether oxygens (including phenoxy) is 2. The van der Waals surface area contributed by atoms with E-state index in [4.69, 9.17) is 24.3 Å². The van der Waals surface area contributed by atoms with Gasteiger partial charge in [0.2, 0.25) is 0 Å². The van der Waals surface area contributed by atoms with Gasteiger partial charge in [0, 0.05) is 6.20 Å². The van der Waals surface area contributed by atoms with Crippen LogP contribution in [0.4, 0.5) is 10.2 Å². The van der Waals surface area contributed by atoms with Gasteiger partial charge in [-0.1, -0.05) is 25.1 Å². The monoisotopic (exact) mass is 557 g/mol. The van der Waals surface area contributed by atoms with Crippen LogP contribution in [-0.2, 0) is 23.4 Å². The van der Waals surface area contributed by atoms with E-state index in [1.807, 2.05) is 0 Å². The van der Waals surface area contributed by atoms with Gasteiger partial charge in [0.25, 0.3) is 0 Å². The number of nitrogens with zero attached hydrogens (tertiary/aromatic N) is 2. The predicted octanol–water partition coefficient (Wildman–Crippen LogP) is 2.05. The number of aliphatic hydroxyl groups excluding tert-OH is 1. The molecule has 2 aromatic rings. The predicted molar refractivity (Wildman–Crippen MR) is 134 cm³/mol. The number of aromatic nitrogens is 2. The number of esters is 1. The molecular weight excluding hydrogens is 524 g/mol. The van der Waals surface area contributed by atoms with Crippen LogP contribution in [0.3, 0.4) is 0 Å². The van der Waals surface area contributed by atoms with Gasteiger partial charge in [0.1, 0.15) is 30.4 Å². The minimum atomic E-state index is -4.15. The SMILES string of the molecule is CC(C)OC(=O)[C@H](C)C[P@@](=O)(Oc1ccccc1)O[C@@H](C)[C@H]1O[C@@H](n2ccc(N)nc2=O)C(O)(CF)[C@H]1O. The maximum Gasteiger partial charge on any atom is 0.380 e. The summed E-state index contributed by atoms with van der Waals surface area (Å²) in [6.45, 7) is 4.73. The van der Waals surface area contributed by atoms with Crippen LogP contribution >= 0.6 is 7.60 Å². The summed E-state index contributed by atoms with van der Waals surface area (Å²) >= 11 is 0. The van der Waals surface area contributed by atoms with Gasteiger partial charge in [-0.25, -0.2) is 13.8 Å². The molecule has 1 saturated heterocycles. The molecule has 1 aromatic heterocycles. The molecule has 210 valence electrons. The molecule has 1 fully saturated rings. The number of nitrogen functional groups attached to an aromatic ring is 1. The number of anilines is 1. The maximum atomic E-state index is 14.1. The van der Waals surface area contributed by atoms with Crippen molar-refractivity contribution in [3.05, 3.63) is 53.1 Å². The number of aliphatic hydroxyl groups is 2. The molecule has 2 heterocycles. The fourth-order valence-electron chi connectivity index (χ4n) is 4.01. The number of carbonyl (C=O) groups is 1. The number of carbonyl (C=O) groups excluding carboxylic acids is 1. The third kappa shape index (κ3) is 6.59. The van der Waals surface area contributed by atoms with Crippen molar-refractivity contribution in [2.75, 3.05) is 18.6 Å². The fourth-order valence-corrected chi connectivity index (χ4v) is 6.10. The maximum absolute atomic E-state index is 14.1. The first-order chi connectivity index (χ1) is 17.8. The van der Waals surface area contributed by atoms with Gasteiger partial charge in [0.15, 0.2) is 11.8 Å². The van der Waals surface area contributed by atoms with Crippen molar-refractivity contribution in [3.8, 4) is 5.75 Å². The summed E-state index contributed by atoms with van der Waals surface area (Å²) in [5.41, 5.74) is 1.99. The van der Waals surface area contributed by atoms with Gasteiger partial charge >= 0.3 is 19.3 Å². The average Bonchev–Trinajstić information content (AvgIpc) is 3.10. The third-order valence-corrected chi connectivity index (χ3v) is 8.02. The molecule has 1 aromatic carbocycles. The van der Waals surface area contributed by atoms with Crippen LogP contribution in [0.15, 0.2) is 47.4 Å². The van der Waals surface area contributed by atoms with E-state index in [1.54, 1.807) is 32.0 Å². The number of alkyl halides is 1. The fraction of sp³-hybridized carbons (Fsp3) is 0.542. The highest BCUT2D eigenvalue weighted by Gasteiger charge is 2.59. The summed E-state index contributed by atoms with van der Waals surface area (Å²) in [5, 5.41) is 21.8. The highest BCUT2D eigenvalue weighted by Crippen LogP contribution is 2.53. The Bertz CT molecular complexity index is 1210. The molecule has 1 unspecified atom stereocenters. The molecule has 0 bridgehead atoms. The van der Waals surface area contributed by atoms with Crippen molar-refractivity contribution < 1.29 is 42.5 Å². The van der Waals surface area contributed by atoms with Crippen molar-refractivity contribution in [3.63, 3.8) is 0 Å². The lowest BCUT2D eigenvalue weighted by atomic mass is 9.93. The molecule has 4 N–H and O–H groups in total. The zero-order chi connectivity index (χ0) is 28.3. The minimum absolute atomic E-state index is 0.106. The molecule has 38 heavy (non-hydrogen) atoms. The zero-order valence-electron chi connectivity index (χ0n) is 21.5. The molecule has 1 aliphatic heterocycles. The number of nitrogens with two attached hydrogens (primary N) is 1. The summed E-state index contributed by atoms with van der Waals surface area (Å²) in [7, 11) is -4.15. The van der Waals surface area contributed by atoms with E-state index >= 15 is 0 Å². The molecular formula is C24H33FN3O9P. The van der Waals surface area contributed by atoms with Crippen LogP contribution in [0, 0.1) is 5.92 Å². The lowest BCUT2D eigenvalue weighted by Gasteiger charge is -2.30. The first-order valence-corrected chi connectivity index (χ1v) is 13.7. The molecule has 0 aliphatic carbocycles. The summed E-state index contributed by atoms with van der Waals surface area (Å²) in [6.07, 6.45) is -5.99. The van der Waals surface area contributed by atoms with E-state index < -0.39 is 74.3 Å². The van der Waals surface area contributed by atoms with Crippen molar-refractivity contribution in [1.82, 2.24) is 9.55 Å². The molecule has 0 amide bonds. The Labute approximate surface area is 219 Å². The lowest BCUT2D eigenvalue weighted by Crippen LogP contribution is -2.51. The van der Waals surface area contributed by atoms with Crippen molar-refractivity contribution >= 4 is 19.4 Å². The average molecular weight is 558 g/mol. The minimum Gasteiger partial charge on any atom is -0.463 e. The molecule has 0 spiro atoms. The molecule has 14 heteroatoms. The second-order valence-electron chi connectivity index (χ2n) is 9.46. The van der Waals surface area contributed by atoms with Gasteiger partial charge < -0.3 is 29.9 Å². The zero-order valence-corrected chi connectivity index (χ0v) is 22.4. The van der Waals surface area contributed by atoms with Gasteiger partial charge in [-0.3, -0.25) is 13.9 Å². The van der Waals surface area contributed by atoms with E-state index in [0.717, 1.165) is 10.8 Å². The van der Waals surface area contributed by atoms with E-state index in [-0.39, 0.29) is 11.6 Å². The smallest absolute Gasteiger partial charge is 0.380 e. The number of benzene rings is 1. The van der Waals surface area contributed by atoms with Crippen LogP contribution in [0.5, 0.6) is 5.75 Å². The quantitative estimate of drug-likeness (QED) is 0.273. The highest BCUT2D eigenvalue weighted by molar-refractivity contribution is 7.54. The Kier molecular flexibility index (Phi) is 9.32. The standard InChI is InChI=1S/C24H33FN3O9P/c1-14(2)34-21(30)15(3)12-38(33,37-17-8-6-5-7-9-17)36-16(4)19-20(29)24(32,13-25)22(35-19)28-11-10-18(26)27-23(28)31/h5-11,14-16,19-20,22,29,32H,12-13H2,1-4H3,(H2,26,27,31)/t15-,16+,19-,20+,22-,24?,38+/m1/s1. The normalized spacial score (nSPS) is 26.5. The van der Waals surface area contributed by atoms with Gasteiger partial charge in [-0.15, -0.1) is 0 Å². The number of rotatable bonds is 11. The molecule has 0 radical (unpaired) electrons. The Morgan fingerprint density at radius 2 is 1.92 bits per heavy atom. The van der Waals surface area contributed by atoms with E-state index in [2.05, 4.69) is 4.98 Å². The molecule has 12 nitrogen and oxygen atoms in total. The molecule has 3 rings (SSSR count). The Morgan fingerprint density at radius 3 is 2.50 bits per heavy atom. The number of hydrogen-bond donors (Lipinski definition) is 3. The lowest BCUT2D eigenvalue weighted by molar-refractivity contribution is -0.151. The van der Waals surface area contributed by atoms with Crippen molar-refractivity contribution in [1.29, 1.82) is 0 Å². The molecule has 0 saturated carbocycles. The summed E-state index contributed by atoms with van der Waals surface area (Å²) < 4.78 is 51.2. The number of hydrogen-bond acceptors (Lipinski definition) is 11. The topological polar surface area (TPSA) is 172 Å². The van der Waals surface area contributed by atoms with Crippen LogP contribution in [0.25, 0.3) is 0 Å². The Balaban J connectivity index is 1.88. The first-order valence-electron chi connectivity index (χ1n) is 12.0. The van der Waals surface area contributed by atoms with Crippen LogP contribution in [-0.4, -0.2) is 68.6 Å². The Hall–Kier alpha value is -2.83. The molecule has 7 atom stereocenters. The van der Waals surface area contributed by atoms with Crippen LogP contribution in [0.2, 0.25) is 0 Å². The number of para-hydroxylation sites is 1. The van der Waals surface area contributed by atoms with E-state index in [9.17, 15) is 28.8 Å². The second-order valence-corrected chi connectivity index (χ2v) is 11.4. The summed E-state index contributed by atoms with van der Waals surface area (Å²) in [6, 6.07) is 9.33. The number of halogens is 1. The third-order valence-electron chi connectivity index (χ3n) is 5.88. The first kappa shape index (κ1) is 29.7. The largest absolute Gasteiger partial charge is 0.463 e. The van der Waals surface area contributed by atoms with Crippen LogP contribution in [0.1, 0.15) is 33.9 Å².